The minimum absolute atomic E-state index is 0.367. The Balaban J connectivity index is 2.50. The maximum atomic E-state index is 5.30. The molecule has 56 valence electrons. The lowest BCUT2D eigenvalue weighted by atomic mass is 10.1. The van der Waals surface area contributed by atoms with E-state index in [-0.39, 0.29) is 0 Å². The van der Waals surface area contributed by atoms with Crippen LogP contribution in [-0.2, 0) is 6.42 Å². The van der Waals surface area contributed by atoms with Gasteiger partial charge in [-0.05, 0) is 18.1 Å². The van der Waals surface area contributed by atoms with Crippen LogP contribution in [0.1, 0.15) is 12.5 Å². The van der Waals surface area contributed by atoms with Crippen LogP contribution in [0, 0.1) is 0 Å². The zero-order valence-corrected chi connectivity index (χ0v) is 6.46. The molecule has 0 spiro atoms. The number of benzene rings is 1. The summed E-state index contributed by atoms with van der Waals surface area (Å²) >= 11 is 0. The fraction of sp³-hybridized carbons (Fsp3) is 0.250. The minimum Gasteiger partial charge on any atom is -0.526 e. The van der Waals surface area contributed by atoms with E-state index in [2.05, 4.69) is 13.0 Å². The van der Waals surface area contributed by atoms with Crippen LogP contribution in [0.25, 0.3) is 0 Å². The molecule has 0 aromatic heterocycles. The quantitative estimate of drug-likeness (QED) is 0.558. The molecule has 0 saturated carbocycles. The van der Waals surface area contributed by atoms with Gasteiger partial charge in [0, 0.05) is 0 Å². The van der Waals surface area contributed by atoms with E-state index < -0.39 is 0 Å². The summed E-state index contributed by atoms with van der Waals surface area (Å²) in [5, 5.41) is 0. The number of fused-ring (bicyclic) bond motifs is 1. The van der Waals surface area contributed by atoms with E-state index >= 15 is 0 Å². The van der Waals surface area contributed by atoms with Gasteiger partial charge in [0.15, 0.2) is 0 Å². The molecular formula is C8H9BO2. The third-order valence-corrected chi connectivity index (χ3v) is 1.86. The Bertz CT molecular complexity index is 273. The van der Waals surface area contributed by atoms with Gasteiger partial charge >= 0.3 is 7.69 Å². The van der Waals surface area contributed by atoms with E-state index in [0.29, 0.717) is 7.69 Å². The number of hydrogen-bond donors (Lipinski definition) is 0. The molecule has 0 unspecified atom stereocenters. The van der Waals surface area contributed by atoms with Crippen LogP contribution < -0.4 is 9.31 Å². The molecule has 1 heterocycles. The van der Waals surface area contributed by atoms with Gasteiger partial charge in [-0.2, -0.15) is 0 Å². The molecule has 0 aliphatic carbocycles. The summed E-state index contributed by atoms with van der Waals surface area (Å²) in [5.74, 6) is 1.80. The van der Waals surface area contributed by atoms with Crippen molar-refractivity contribution in [3.05, 3.63) is 23.8 Å². The molecule has 0 atom stereocenters. The second kappa shape index (κ2) is 2.49. The number of para-hydroxylation sites is 1. The molecule has 0 N–H and O–H groups in total. The molecular weight excluding hydrogens is 139 g/mol. The molecule has 1 aliphatic heterocycles. The van der Waals surface area contributed by atoms with E-state index in [9.17, 15) is 0 Å². The Morgan fingerprint density at radius 1 is 1.36 bits per heavy atom. The Kier molecular flexibility index (Phi) is 1.49. The molecule has 1 aromatic carbocycles. The molecule has 0 radical (unpaired) electrons. The normalized spacial score (nSPS) is 12.8. The Morgan fingerprint density at radius 3 is 3.09 bits per heavy atom. The maximum Gasteiger partial charge on any atom is 0.576 e. The van der Waals surface area contributed by atoms with Crippen LogP contribution in [0.15, 0.2) is 18.2 Å². The first-order valence-electron chi connectivity index (χ1n) is 3.79. The van der Waals surface area contributed by atoms with Crippen molar-refractivity contribution in [2.45, 2.75) is 13.3 Å². The van der Waals surface area contributed by atoms with Crippen molar-refractivity contribution in [2.24, 2.45) is 0 Å². The number of hydrogen-bond acceptors (Lipinski definition) is 2. The van der Waals surface area contributed by atoms with Crippen molar-refractivity contribution in [3.8, 4) is 11.5 Å². The lowest BCUT2D eigenvalue weighted by Gasteiger charge is -2.02. The van der Waals surface area contributed by atoms with Crippen molar-refractivity contribution >= 4 is 7.69 Å². The molecule has 3 heteroatoms. The highest BCUT2D eigenvalue weighted by Gasteiger charge is 2.17. The van der Waals surface area contributed by atoms with Crippen molar-refractivity contribution in [3.63, 3.8) is 0 Å². The van der Waals surface area contributed by atoms with Crippen LogP contribution in [0.4, 0.5) is 0 Å². The van der Waals surface area contributed by atoms with Crippen LogP contribution in [0.3, 0.4) is 0 Å². The molecule has 0 bridgehead atoms. The zero-order valence-electron chi connectivity index (χ0n) is 6.46. The topological polar surface area (TPSA) is 18.5 Å². The predicted octanol–water partition coefficient (Wildman–Crippen LogP) is 1.29. The third-order valence-electron chi connectivity index (χ3n) is 1.86. The first-order valence-corrected chi connectivity index (χ1v) is 3.79. The summed E-state index contributed by atoms with van der Waals surface area (Å²) in [5.41, 5.74) is 1.22. The predicted molar refractivity (Wildman–Crippen MR) is 44.2 cm³/mol. The minimum atomic E-state index is 0.367. The summed E-state index contributed by atoms with van der Waals surface area (Å²) < 4.78 is 10.5. The monoisotopic (exact) mass is 148 g/mol. The molecule has 1 aliphatic rings. The van der Waals surface area contributed by atoms with E-state index in [1.807, 2.05) is 12.1 Å². The van der Waals surface area contributed by atoms with Crippen molar-refractivity contribution in [1.82, 2.24) is 0 Å². The molecule has 0 fully saturated rings. The van der Waals surface area contributed by atoms with Gasteiger partial charge in [0.05, 0.1) is 0 Å². The van der Waals surface area contributed by atoms with E-state index in [4.69, 9.17) is 9.31 Å². The van der Waals surface area contributed by atoms with Gasteiger partial charge in [0.1, 0.15) is 11.5 Å². The molecule has 2 nitrogen and oxygen atoms in total. The number of rotatable bonds is 1. The van der Waals surface area contributed by atoms with E-state index in [0.717, 1.165) is 17.9 Å². The van der Waals surface area contributed by atoms with Gasteiger partial charge < -0.3 is 9.31 Å². The van der Waals surface area contributed by atoms with Crippen LogP contribution in [-0.4, -0.2) is 7.69 Å². The lowest BCUT2D eigenvalue weighted by molar-refractivity contribution is 0.539. The maximum absolute atomic E-state index is 5.30. The van der Waals surface area contributed by atoms with Gasteiger partial charge in [-0.3, -0.25) is 0 Å². The van der Waals surface area contributed by atoms with Crippen molar-refractivity contribution < 1.29 is 9.31 Å². The second-order valence-electron chi connectivity index (χ2n) is 2.50. The highest BCUT2D eigenvalue weighted by atomic mass is 16.6. The first-order chi connectivity index (χ1) is 5.42. The fourth-order valence-electron chi connectivity index (χ4n) is 1.27. The molecule has 0 amide bonds. The smallest absolute Gasteiger partial charge is 0.526 e. The summed E-state index contributed by atoms with van der Waals surface area (Å²) in [7, 11) is 0.367. The highest BCUT2D eigenvalue weighted by Crippen LogP contribution is 2.34. The van der Waals surface area contributed by atoms with Gasteiger partial charge in [-0.15, -0.1) is 0 Å². The number of aryl methyl sites for hydroxylation is 1. The molecule has 2 rings (SSSR count). The van der Waals surface area contributed by atoms with Gasteiger partial charge in [0.2, 0.25) is 0 Å². The average Bonchev–Trinajstić information content (AvgIpc) is 2.50. The summed E-state index contributed by atoms with van der Waals surface area (Å²) in [6.45, 7) is 2.11. The Labute approximate surface area is 66.4 Å². The van der Waals surface area contributed by atoms with E-state index in [1.165, 1.54) is 5.56 Å². The van der Waals surface area contributed by atoms with Crippen molar-refractivity contribution in [2.75, 3.05) is 0 Å². The van der Waals surface area contributed by atoms with Crippen LogP contribution >= 0.6 is 0 Å². The molecule has 1 aromatic rings. The van der Waals surface area contributed by atoms with E-state index in [1.54, 1.807) is 0 Å². The molecule has 0 saturated heterocycles. The largest absolute Gasteiger partial charge is 0.576 e. The summed E-state index contributed by atoms with van der Waals surface area (Å²) in [6.07, 6.45) is 0.993. The lowest BCUT2D eigenvalue weighted by Crippen LogP contribution is -2.00. The average molecular weight is 148 g/mol. The zero-order chi connectivity index (χ0) is 7.68. The molecule has 11 heavy (non-hydrogen) atoms. The third kappa shape index (κ3) is 0.966. The summed E-state index contributed by atoms with van der Waals surface area (Å²) in [4.78, 5) is 0. The first kappa shape index (κ1) is 6.59. The van der Waals surface area contributed by atoms with Crippen molar-refractivity contribution in [1.29, 1.82) is 0 Å². The van der Waals surface area contributed by atoms with Crippen LogP contribution in [0.2, 0.25) is 0 Å². The van der Waals surface area contributed by atoms with Crippen LogP contribution in [0.5, 0.6) is 11.5 Å². The summed E-state index contributed by atoms with van der Waals surface area (Å²) in [6, 6.07) is 5.99. The Hall–Kier alpha value is -1.12. The Morgan fingerprint density at radius 2 is 2.27 bits per heavy atom. The van der Waals surface area contributed by atoms with Gasteiger partial charge in [-0.25, -0.2) is 0 Å². The SMILES string of the molecule is CCc1cccc2c1OBO2. The highest BCUT2D eigenvalue weighted by molar-refractivity contribution is 6.23. The second-order valence-corrected chi connectivity index (χ2v) is 2.50. The fourth-order valence-corrected chi connectivity index (χ4v) is 1.27. The standard InChI is InChI=1S/C8H9BO2/c1-2-6-4-3-5-7-8(6)11-9-10-7/h3-5,9H,2H2,1H3. The van der Waals surface area contributed by atoms with Gasteiger partial charge in [-0.1, -0.05) is 19.1 Å². The van der Waals surface area contributed by atoms with Gasteiger partial charge in [0.25, 0.3) is 0 Å².